The molecule has 0 aromatic heterocycles. The van der Waals surface area contributed by atoms with Crippen LogP contribution in [-0.4, -0.2) is 59.3 Å². The standard InChI is InChI=1S/C27H24Cl2N6O8/c1-3-11-9-16(30-24(40)20(36)18-22(38)34-26(42)32-18)14(28)8-13(11)6-10-5-12(4-2)17(15(29)7-10)31-25(41)21(37)19-23(39)35-27(43)33-19/h5,7-9,18-19H,3-4,6H2,1-2H3,(H,30,40)(H,31,41)(H2,32,34,38,42)(H2,33,35,39,43)/t18-,19-/m1/s1. The first kappa shape index (κ1) is 31.1. The summed E-state index contributed by atoms with van der Waals surface area (Å²) >= 11 is 12.9. The zero-order valence-corrected chi connectivity index (χ0v) is 24.1. The predicted octanol–water partition coefficient (Wildman–Crippen LogP) is 1.14. The lowest BCUT2D eigenvalue weighted by molar-refractivity contribution is -0.138. The molecule has 0 aliphatic carbocycles. The lowest BCUT2D eigenvalue weighted by Gasteiger charge is -2.17. The van der Waals surface area contributed by atoms with Gasteiger partial charge in [0.2, 0.25) is 0 Å². The lowest BCUT2D eigenvalue weighted by Crippen LogP contribution is -2.44. The summed E-state index contributed by atoms with van der Waals surface area (Å²) in [5, 5.41) is 13.0. The molecular weight excluding hydrogens is 607 g/mol. The van der Waals surface area contributed by atoms with Crippen LogP contribution in [0.4, 0.5) is 21.0 Å². The number of nitrogens with one attached hydrogen (secondary N) is 6. The first-order valence-corrected chi connectivity index (χ1v) is 13.6. The first-order chi connectivity index (χ1) is 20.3. The van der Waals surface area contributed by atoms with Crippen molar-refractivity contribution in [2.45, 2.75) is 45.2 Å². The molecule has 2 aliphatic heterocycles. The number of carbonyl (C=O) groups is 8. The average Bonchev–Trinajstić information content (AvgIpc) is 3.48. The Morgan fingerprint density at radius 1 is 0.698 bits per heavy atom. The minimum Gasteiger partial charge on any atom is -0.319 e. The van der Waals surface area contributed by atoms with Crippen LogP contribution in [0.5, 0.6) is 0 Å². The van der Waals surface area contributed by atoms with E-state index >= 15 is 0 Å². The van der Waals surface area contributed by atoms with E-state index in [2.05, 4.69) is 21.3 Å². The number of urea groups is 2. The van der Waals surface area contributed by atoms with E-state index in [0.717, 1.165) is 16.7 Å². The number of aryl methyl sites for hydroxylation is 2. The molecule has 0 spiro atoms. The highest BCUT2D eigenvalue weighted by atomic mass is 35.5. The Bertz CT molecular complexity index is 1620. The van der Waals surface area contributed by atoms with Crippen molar-refractivity contribution in [3.63, 3.8) is 0 Å². The number of anilines is 2. The molecular formula is C27H24Cl2N6O8. The van der Waals surface area contributed by atoms with Crippen molar-refractivity contribution in [3.8, 4) is 0 Å². The van der Waals surface area contributed by atoms with Gasteiger partial charge in [-0.15, -0.1) is 0 Å². The van der Waals surface area contributed by atoms with Crippen LogP contribution >= 0.6 is 23.2 Å². The quantitative estimate of drug-likeness (QED) is 0.127. The number of halogens is 2. The molecule has 2 fully saturated rings. The van der Waals surface area contributed by atoms with Gasteiger partial charge in [-0.3, -0.25) is 39.4 Å². The maximum absolute atomic E-state index is 12.6. The maximum atomic E-state index is 12.6. The molecule has 224 valence electrons. The van der Waals surface area contributed by atoms with E-state index in [-0.39, 0.29) is 21.4 Å². The number of benzene rings is 2. The molecule has 0 radical (unpaired) electrons. The molecule has 0 saturated carbocycles. The number of hydrogen-bond acceptors (Lipinski definition) is 8. The van der Waals surface area contributed by atoms with Gasteiger partial charge in [0.25, 0.3) is 35.2 Å². The summed E-state index contributed by atoms with van der Waals surface area (Å²) in [6.45, 7) is 3.68. The van der Waals surface area contributed by atoms with Gasteiger partial charge < -0.3 is 21.3 Å². The molecule has 2 heterocycles. The van der Waals surface area contributed by atoms with Crippen molar-refractivity contribution in [1.29, 1.82) is 0 Å². The fourth-order valence-electron chi connectivity index (χ4n) is 4.54. The van der Waals surface area contributed by atoms with Crippen LogP contribution in [0, 0.1) is 0 Å². The van der Waals surface area contributed by atoms with Crippen LogP contribution in [0.3, 0.4) is 0 Å². The Balaban J connectivity index is 1.51. The highest BCUT2D eigenvalue weighted by Crippen LogP contribution is 2.32. The van der Waals surface area contributed by atoms with E-state index in [1.807, 2.05) is 24.5 Å². The van der Waals surface area contributed by atoms with Gasteiger partial charge in [-0.1, -0.05) is 43.1 Å². The number of ketones is 2. The highest BCUT2D eigenvalue weighted by molar-refractivity contribution is 6.48. The molecule has 2 atom stereocenters. The summed E-state index contributed by atoms with van der Waals surface area (Å²) in [7, 11) is 0. The van der Waals surface area contributed by atoms with Crippen LogP contribution in [0.2, 0.25) is 10.0 Å². The minimum atomic E-state index is -1.64. The van der Waals surface area contributed by atoms with Gasteiger partial charge in [0, 0.05) is 0 Å². The van der Waals surface area contributed by atoms with Crippen molar-refractivity contribution in [1.82, 2.24) is 21.3 Å². The van der Waals surface area contributed by atoms with Crippen LogP contribution in [0.25, 0.3) is 0 Å². The van der Waals surface area contributed by atoms with Crippen LogP contribution in [0.1, 0.15) is 36.1 Å². The summed E-state index contributed by atoms with van der Waals surface area (Å²) in [5.74, 6) is -6.44. The van der Waals surface area contributed by atoms with Crippen molar-refractivity contribution in [2.75, 3.05) is 10.6 Å². The van der Waals surface area contributed by atoms with Gasteiger partial charge in [0.1, 0.15) is 0 Å². The van der Waals surface area contributed by atoms with E-state index in [0.29, 0.717) is 24.8 Å². The largest absolute Gasteiger partial charge is 0.322 e. The molecule has 14 nitrogen and oxygen atoms in total. The summed E-state index contributed by atoms with van der Waals surface area (Å²) in [5.41, 5.74) is 3.18. The maximum Gasteiger partial charge on any atom is 0.322 e. The average molecular weight is 631 g/mol. The Kier molecular flexibility index (Phi) is 9.11. The van der Waals surface area contributed by atoms with E-state index in [9.17, 15) is 38.4 Å². The van der Waals surface area contributed by atoms with E-state index < -0.39 is 59.3 Å². The summed E-state index contributed by atoms with van der Waals surface area (Å²) < 4.78 is 0. The molecule has 43 heavy (non-hydrogen) atoms. The van der Waals surface area contributed by atoms with E-state index in [1.165, 1.54) is 0 Å². The molecule has 2 saturated heterocycles. The third-order valence-electron chi connectivity index (χ3n) is 6.68. The fraction of sp³-hybridized carbons (Fsp3) is 0.259. The van der Waals surface area contributed by atoms with Gasteiger partial charge in [-0.05, 0) is 59.7 Å². The Morgan fingerprint density at radius 3 is 1.72 bits per heavy atom. The molecule has 16 heteroatoms. The Labute approximate surface area is 253 Å². The van der Waals surface area contributed by atoms with Crippen LogP contribution < -0.4 is 31.9 Å². The van der Waals surface area contributed by atoms with Crippen LogP contribution in [-0.2, 0) is 48.0 Å². The number of imide groups is 2. The van der Waals surface area contributed by atoms with E-state index in [1.54, 1.807) is 24.3 Å². The Hall–Kier alpha value is -4.82. The normalized spacial score (nSPS) is 17.5. The third-order valence-corrected chi connectivity index (χ3v) is 7.30. The van der Waals surface area contributed by atoms with Gasteiger partial charge in [0.15, 0.2) is 12.1 Å². The van der Waals surface area contributed by atoms with Crippen molar-refractivity contribution in [3.05, 3.63) is 56.6 Å². The van der Waals surface area contributed by atoms with E-state index in [4.69, 9.17) is 23.2 Å². The SMILES string of the molecule is CCc1cc(NC(=O)C(=O)[C@H]2NC(=O)NC2=O)c(Cl)cc1Cc1cc(Cl)c(NC(=O)C(=O)[C@H]2NC(=O)NC2=O)c(CC)c1. The lowest BCUT2D eigenvalue weighted by atomic mass is 9.95. The third kappa shape index (κ3) is 6.65. The zero-order valence-electron chi connectivity index (χ0n) is 22.6. The fourth-order valence-corrected chi connectivity index (χ4v) is 5.08. The number of amides is 8. The smallest absolute Gasteiger partial charge is 0.319 e. The highest BCUT2D eigenvalue weighted by Gasteiger charge is 2.40. The molecule has 2 aromatic rings. The van der Waals surface area contributed by atoms with Gasteiger partial charge in [0.05, 0.1) is 21.4 Å². The number of carbonyl (C=O) groups excluding carboxylic acids is 8. The van der Waals surface area contributed by atoms with Gasteiger partial charge in [-0.2, -0.15) is 0 Å². The summed E-state index contributed by atoms with van der Waals surface area (Å²) in [4.78, 5) is 95.9. The van der Waals surface area contributed by atoms with Crippen LogP contribution in [0.15, 0.2) is 24.3 Å². The number of rotatable bonds is 10. The molecule has 0 unspecified atom stereocenters. The second kappa shape index (κ2) is 12.6. The van der Waals surface area contributed by atoms with Gasteiger partial charge >= 0.3 is 12.1 Å². The minimum absolute atomic E-state index is 0.112. The molecule has 2 aliphatic rings. The number of Topliss-reactive ketones (excluding diaryl/α,β-unsaturated/α-hetero) is 2. The molecule has 6 N–H and O–H groups in total. The second-order valence-corrected chi connectivity index (χ2v) is 10.3. The first-order valence-electron chi connectivity index (χ1n) is 12.9. The molecule has 8 amide bonds. The van der Waals surface area contributed by atoms with Crippen molar-refractivity contribution >= 4 is 81.8 Å². The van der Waals surface area contributed by atoms with Crippen molar-refractivity contribution < 1.29 is 38.4 Å². The second-order valence-electron chi connectivity index (χ2n) is 9.52. The monoisotopic (exact) mass is 630 g/mol. The number of hydrogen-bond donors (Lipinski definition) is 6. The van der Waals surface area contributed by atoms with Gasteiger partial charge in [-0.25, -0.2) is 9.59 Å². The Morgan fingerprint density at radius 2 is 1.23 bits per heavy atom. The van der Waals surface area contributed by atoms with Crippen molar-refractivity contribution in [2.24, 2.45) is 0 Å². The summed E-state index contributed by atoms with van der Waals surface area (Å²) in [6.07, 6.45) is 1.26. The topological polar surface area (TPSA) is 209 Å². The molecule has 4 rings (SSSR count). The zero-order chi connectivity index (χ0) is 31.6. The molecule has 2 aromatic carbocycles. The summed E-state index contributed by atoms with van der Waals surface area (Å²) in [6, 6.07) is 1.54. The predicted molar refractivity (Wildman–Crippen MR) is 153 cm³/mol. The molecule has 0 bridgehead atoms.